The Labute approximate surface area is 122 Å². The van der Waals surface area contributed by atoms with Crippen LogP contribution in [0.4, 0.5) is 4.39 Å². The molecule has 0 aromatic heterocycles. The smallest absolute Gasteiger partial charge is 0.200 e. The molecule has 104 valence electrons. The van der Waals surface area contributed by atoms with Crippen LogP contribution in [0.1, 0.15) is 22.8 Å². The fourth-order valence-corrected chi connectivity index (χ4v) is 1.90. The van der Waals surface area contributed by atoms with Crippen LogP contribution in [0.5, 0.6) is 5.75 Å². The third-order valence-electron chi connectivity index (χ3n) is 2.95. The molecular formula is C16H14ClFO2. The van der Waals surface area contributed by atoms with E-state index in [9.17, 15) is 9.18 Å². The van der Waals surface area contributed by atoms with Gasteiger partial charge in [0.2, 0.25) is 0 Å². The summed E-state index contributed by atoms with van der Waals surface area (Å²) in [6, 6.07) is 11.4. The normalized spacial score (nSPS) is 10.3. The lowest BCUT2D eigenvalue weighted by Gasteiger charge is -2.06. The molecule has 0 saturated carbocycles. The molecule has 20 heavy (non-hydrogen) atoms. The fraction of sp³-hybridized carbons (Fsp3) is 0.188. The van der Waals surface area contributed by atoms with Crippen molar-refractivity contribution in [3.8, 4) is 5.75 Å². The van der Waals surface area contributed by atoms with Crippen molar-refractivity contribution in [3.63, 3.8) is 0 Å². The van der Waals surface area contributed by atoms with Crippen molar-refractivity contribution in [1.82, 2.24) is 0 Å². The quantitative estimate of drug-likeness (QED) is 0.768. The highest BCUT2D eigenvalue weighted by Crippen LogP contribution is 2.21. The number of aryl methyl sites for hydroxylation is 1. The standard InChI is InChI=1S/C16H14ClFO2/c1-2-11-3-5-12(6-4-11)16(19)10-20-13-7-8-15(18)14(17)9-13/h3-9H,2,10H2,1H3. The summed E-state index contributed by atoms with van der Waals surface area (Å²) in [6.07, 6.45) is 0.930. The molecule has 2 aromatic rings. The molecule has 0 aliphatic rings. The van der Waals surface area contributed by atoms with Crippen LogP contribution in [-0.4, -0.2) is 12.4 Å². The molecule has 2 rings (SSSR count). The summed E-state index contributed by atoms with van der Waals surface area (Å²) in [6.45, 7) is 1.95. The van der Waals surface area contributed by atoms with Gasteiger partial charge in [0, 0.05) is 11.6 Å². The maximum absolute atomic E-state index is 13.0. The van der Waals surface area contributed by atoms with E-state index in [1.807, 2.05) is 12.1 Å². The SMILES string of the molecule is CCc1ccc(C(=O)COc2ccc(F)c(Cl)c2)cc1. The van der Waals surface area contributed by atoms with E-state index < -0.39 is 5.82 Å². The number of carbonyl (C=O) groups excluding carboxylic acids is 1. The lowest BCUT2D eigenvalue weighted by Crippen LogP contribution is -2.11. The van der Waals surface area contributed by atoms with Crippen molar-refractivity contribution in [1.29, 1.82) is 0 Å². The van der Waals surface area contributed by atoms with Crippen LogP contribution in [0, 0.1) is 5.82 Å². The number of rotatable bonds is 5. The molecule has 0 atom stereocenters. The predicted molar refractivity (Wildman–Crippen MR) is 77.1 cm³/mol. The molecule has 0 fully saturated rings. The van der Waals surface area contributed by atoms with Gasteiger partial charge >= 0.3 is 0 Å². The minimum absolute atomic E-state index is 0.0257. The van der Waals surface area contributed by atoms with E-state index >= 15 is 0 Å². The van der Waals surface area contributed by atoms with E-state index in [1.54, 1.807) is 12.1 Å². The third kappa shape index (κ3) is 3.58. The molecule has 0 aliphatic heterocycles. The molecule has 2 aromatic carbocycles. The van der Waals surface area contributed by atoms with Crippen molar-refractivity contribution in [3.05, 3.63) is 64.4 Å². The van der Waals surface area contributed by atoms with Gasteiger partial charge in [-0.25, -0.2) is 4.39 Å². The number of ketones is 1. The zero-order valence-electron chi connectivity index (χ0n) is 11.0. The molecule has 4 heteroatoms. The highest BCUT2D eigenvalue weighted by atomic mass is 35.5. The zero-order chi connectivity index (χ0) is 14.5. The average Bonchev–Trinajstić information content (AvgIpc) is 2.48. The molecule has 0 bridgehead atoms. The third-order valence-corrected chi connectivity index (χ3v) is 3.23. The van der Waals surface area contributed by atoms with Gasteiger partial charge in [-0.15, -0.1) is 0 Å². The van der Waals surface area contributed by atoms with Gasteiger partial charge in [-0.05, 0) is 24.1 Å². The molecular weight excluding hydrogens is 279 g/mol. The van der Waals surface area contributed by atoms with E-state index in [0.29, 0.717) is 11.3 Å². The van der Waals surface area contributed by atoms with Crippen LogP contribution < -0.4 is 4.74 Å². The Bertz CT molecular complexity index is 608. The molecule has 0 saturated heterocycles. The molecule has 0 N–H and O–H groups in total. The second-order valence-corrected chi connectivity index (χ2v) is 4.75. The zero-order valence-corrected chi connectivity index (χ0v) is 11.8. The van der Waals surface area contributed by atoms with Gasteiger partial charge < -0.3 is 4.74 Å². The Balaban J connectivity index is 1.98. The van der Waals surface area contributed by atoms with Crippen molar-refractivity contribution < 1.29 is 13.9 Å². The highest BCUT2D eigenvalue weighted by molar-refractivity contribution is 6.30. The summed E-state index contributed by atoms with van der Waals surface area (Å²) in [7, 11) is 0. The Hall–Kier alpha value is -1.87. The van der Waals surface area contributed by atoms with Gasteiger partial charge in [0.1, 0.15) is 11.6 Å². The number of halogens is 2. The van der Waals surface area contributed by atoms with Gasteiger partial charge in [-0.2, -0.15) is 0 Å². The Kier molecular flexibility index (Phi) is 4.74. The monoisotopic (exact) mass is 292 g/mol. The Morgan fingerprint density at radius 1 is 1.20 bits per heavy atom. The first-order valence-electron chi connectivity index (χ1n) is 6.30. The number of hydrogen-bond donors (Lipinski definition) is 0. The lowest BCUT2D eigenvalue weighted by molar-refractivity contribution is 0.0921. The van der Waals surface area contributed by atoms with Gasteiger partial charge in [0.05, 0.1) is 5.02 Å². The van der Waals surface area contributed by atoms with Crippen LogP contribution in [0.25, 0.3) is 0 Å². The molecule has 0 aliphatic carbocycles. The van der Waals surface area contributed by atoms with Crippen molar-refractivity contribution in [2.24, 2.45) is 0 Å². The summed E-state index contributed by atoms with van der Waals surface area (Å²) < 4.78 is 18.3. The molecule has 2 nitrogen and oxygen atoms in total. The number of benzene rings is 2. The van der Waals surface area contributed by atoms with Crippen molar-refractivity contribution in [2.75, 3.05) is 6.61 Å². The maximum atomic E-state index is 13.0. The first-order chi connectivity index (χ1) is 9.60. The van der Waals surface area contributed by atoms with E-state index in [1.165, 1.54) is 23.8 Å². The second-order valence-electron chi connectivity index (χ2n) is 4.34. The first-order valence-corrected chi connectivity index (χ1v) is 6.68. The van der Waals surface area contributed by atoms with Crippen molar-refractivity contribution >= 4 is 17.4 Å². The second kappa shape index (κ2) is 6.53. The van der Waals surface area contributed by atoms with Gasteiger partial charge in [0.25, 0.3) is 0 Å². The summed E-state index contributed by atoms with van der Waals surface area (Å²) in [5.74, 6) is -0.275. The summed E-state index contributed by atoms with van der Waals surface area (Å²) >= 11 is 5.64. The summed E-state index contributed by atoms with van der Waals surface area (Å²) in [5.41, 5.74) is 1.77. The first kappa shape index (κ1) is 14.5. The maximum Gasteiger partial charge on any atom is 0.200 e. The lowest BCUT2D eigenvalue weighted by atomic mass is 10.1. The van der Waals surface area contributed by atoms with Crippen LogP contribution in [0.3, 0.4) is 0 Å². The Morgan fingerprint density at radius 3 is 2.50 bits per heavy atom. The van der Waals surface area contributed by atoms with Crippen LogP contribution in [-0.2, 0) is 6.42 Å². The summed E-state index contributed by atoms with van der Waals surface area (Å²) in [5, 5.41) is -0.0257. The fourth-order valence-electron chi connectivity index (χ4n) is 1.73. The predicted octanol–water partition coefficient (Wildman–Crippen LogP) is 4.30. The van der Waals surface area contributed by atoms with Crippen LogP contribution in [0.2, 0.25) is 5.02 Å². The highest BCUT2D eigenvalue weighted by Gasteiger charge is 2.08. The molecule has 0 amide bonds. The van der Waals surface area contributed by atoms with Crippen LogP contribution >= 0.6 is 11.6 Å². The minimum Gasteiger partial charge on any atom is -0.485 e. The number of Topliss-reactive ketones (excluding diaryl/α,β-unsaturated/α-hetero) is 1. The number of carbonyl (C=O) groups is 1. The van der Waals surface area contributed by atoms with E-state index in [-0.39, 0.29) is 17.4 Å². The molecule has 0 radical (unpaired) electrons. The van der Waals surface area contributed by atoms with E-state index in [4.69, 9.17) is 16.3 Å². The number of ether oxygens (including phenoxy) is 1. The average molecular weight is 293 g/mol. The van der Waals surface area contributed by atoms with Gasteiger partial charge in [0.15, 0.2) is 12.4 Å². The number of hydrogen-bond acceptors (Lipinski definition) is 2. The van der Waals surface area contributed by atoms with E-state index in [0.717, 1.165) is 6.42 Å². The molecule has 0 spiro atoms. The van der Waals surface area contributed by atoms with Crippen molar-refractivity contribution in [2.45, 2.75) is 13.3 Å². The van der Waals surface area contributed by atoms with E-state index in [2.05, 4.69) is 6.92 Å². The summed E-state index contributed by atoms with van der Waals surface area (Å²) in [4.78, 5) is 11.9. The Morgan fingerprint density at radius 2 is 1.90 bits per heavy atom. The minimum atomic E-state index is -0.513. The molecule has 0 heterocycles. The molecule has 0 unspecified atom stereocenters. The van der Waals surface area contributed by atoms with Gasteiger partial charge in [-0.1, -0.05) is 42.8 Å². The van der Waals surface area contributed by atoms with Gasteiger partial charge in [-0.3, -0.25) is 4.79 Å². The topological polar surface area (TPSA) is 26.3 Å². The van der Waals surface area contributed by atoms with Crippen LogP contribution in [0.15, 0.2) is 42.5 Å². The largest absolute Gasteiger partial charge is 0.485 e.